The summed E-state index contributed by atoms with van der Waals surface area (Å²) in [6.45, 7) is 5.13. The molecule has 0 radical (unpaired) electrons. The van der Waals surface area contributed by atoms with Crippen molar-refractivity contribution in [2.75, 3.05) is 18.1 Å². The maximum absolute atomic E-state index is 11.2. The molecule has 0 amide bonds. The smallest absolute Gasteiger partial charge is 0.347 e. The van der Waals surface area contributed by atoms with Gasteiger partial charge in [-0.15, -0.1) is 11.3 Å². The first kappa shape index (κ1) is 13.8. The molecule has 1 atom stereocenters. The molecule has 1 unspecified atom stereocenters. The highest BCUT2D eigenvalue weighted by Crippen LogP contribution is 2.29. The fourth-order valence-electron chi connectivity index (χ4n) is 1.94. The number of rotatable bonds is 4. The van der Waals surface area contributed by atoms with Crippen LogP contribution < -0.4 is 5.32 Å². The van der Waals surface area contributed by atoms with E-state index in [0.717, 1.165) is 35.2 Å². The molecule has 1 aromatic rings. The van der Waals surface area contributed by atoms with Gasteiger partial charge in [0.25, 0.3) is 0 Å². The summed E-state index contributed by atoms with van der Waals surface area (Å²) in [6.07, 6.45) is 0.734. The van der Waals surface area contributed by atoms with E-state index in [1.807, 2.05) is 11.8 Å². The Labute approximate surface area is 115 Å². The van der Waals surface area contributed by atoms with Gasteiger partial charge in [0, 0.05) is 18.1 Å². The molecule has 0 aliphatic carbocycles. The second-order valence-corrected chi connectivity index (χ2v) is 6.99. The van der Waals surface area contributed by atoms with E-state index in [9.17, 15) is 9.90 Å². The summed E-state index contributed by atoms with van der Waals surface area (Å²) >= 11 is 3.22. The molecule has 6 heteroatoms. The number of nitrogens with one attached hydrogen (secondary N) is 1. The van der Waals surface area contributed by atoms with Crippen LogP contribution >= 0.6 is 23.1 Å². The van der Waals surface area contributed by atoms with Crippen molar-refractivity contribution in [1.82, 2.24) is 10.3 Å². The summed E-state index contributed by atoms with van der Waals surface area (Å²) in [7, 11) is 0. The first-order chi connectivity index (χ1) is 8.58. The van der Waals surface area contributed by atoms with E-state index >= 15 is 0 Å². The first-order valence-corrected chi connectivity index (χ1v) is 8.09. The van der Waals surface area contributed by atoms with Crippen molar-refractivity contribution < 1.29 is 9.90 Å². The number of thiazole rings is 1. The molecular weight excluding hydrogens is 268 g/mol. The molecule has 1 aromatic heterocycles. The van der Waals surface area contributed by atoms with Gasteiger partial charge in [-0.1, -0.05) is 13.8 Å². The number of aromatic nitrogens is 1. The number of carboxylic acid groups (broad SMARTS) is 1. The third kappa shape index (κ3) is 3.24. The Balaban J connectivity index is 2.23. The SMILES string of the molecule is CC(C)Cc1nc(C2CSCCN2)sc1C(=O)O. The minimum atomic E-state index is -0.849. The van der Waals surface area contributed by atoms with Gasteiger partial charge in [0.15, 0.2) is 0 Å². The van der Waals surface area contributed by atoms with Crippen LogP contribution in [0.15, 0.2) is 0 Å². The summed E-state index contributed by atoms with van der Waals surface area (Å²) in [5, 5.41) is 13.6. The van der Waals surface area contributed by atoms with Crippen molar-refractivity contribution in [3.05, 3.63) is 15.6 Å². The molecule has 2 rings (SSSR count). The molecule has 1 aliphatic heterocycles. The molecule has 100 valence electrons. The van der Waals surface area contributed by atoms with Crippen molar-refractivity contribution in [1.29, 1.82) is 0 Å². The Hall–Kier alpha value is -0.590. The molecule has 4 nitrogen and oxygen atoms in total. The molecule has 0 spiro atoms. The third-order valence-electron chi connectivity index (χ3n) is 2.73. The zero-order valence-electron chi connectivity index (χ0n) is 10.6. The lowest BCUT2D eigenvalue weighted by atomic mass is 10.1. The van der Waals surface area contributed by atoms with Crippen molar-refractivity contribution in [2.24, 2.45) is 5.92 Å². The zero-order valence-corrected chi connectivity index (χ0v) is 12.2. The fraction of sp³-hybridized carbons (Fsp3) is 0.667. The fourth-order valence-corrected chi connectivity index (χ4v) is 3.99. The van der Waals surface area contributed by atoms with Crippen LogP contribution in [-0.4, -0.2) is 34.1 Å². The largest absolute Gasteiger partial charge is 0.477 e. The van der Waals surface area contributed by atoms with Crippen molar-refractivity contribution in [3.8, 4) is 0 Å². The molecule has 1 fully saturated rings. The molecule has 2 N–H and O–H groups in total. The quantitative estimate of drug-likeness (QED) is 0.890. The number of carbonyl (C=O) groups is 1. The summed E-state index contributed by atoms with van der Waals surface area (Å²) in [6, 6.07) is 0.216. The van der Waals surface area contributed by atoms with Crippen LogP contribution in [0.25, 0.3) is 0 Å². The number of hydrogen-bond acceptors (Lipinski definition) is 5. The van der Waals surface area contributed by atoms with Gasteiger partial charge in [-0.05, 0) is 12.3 Å². The zero-order chi connectivity index (χ0) is 13.1. The van der Waals surface area contributed by atoms with Crippen LogP contribution in [0.1, 0.15) is 40.3 Å². The molecule has 0 saturated carbocycles. The van der Waals surface area contributed by atoms with E-state index in [-0.39, 0.29) is 6.04 Å². The Bertz CT molecular complexity index is 426. The van der Waals surface area contributed by atoms with Gasteiger partial charge in [0.1, 0.15) is 9.88 Å². The van der Waals surface area contributed by atoms with Crippen LogP contribution in [0.3, 0.4) is 0 Å². The summed E-state index contributed by atoms with van der Waals surface area (Å²) < 4.78 is 0. The van der Waals surface area contributed by atoms with Gasteiger partial charge in [-0.3, -0.25) is 0 Å². The van der Waals surface area contributed by atoms with E-state index < -0.39 is 5.97 Å². The van der Waals surface area contributed by atoms with Crippen molar-refractivity contribution in [2.45, 2.75) is 26.3 Å². The number of aromatic carboxylic acids is 1. The predicted octanol–water partition coefficient (Wildman–Crippen LogP) is 2.42. The Morgan fingerprint density at radius 3 is 2.94 bits per heavy atom. The molecule has 1 saturated heterocycles. The van der Waals surface area contributed by atoms with Crippen LogP contribution in [0.5, 0.6) is 0 Å². The average molecular weight is 286 g/mol. The van der Waals surface area contributed by atoms with Gasteiger partial charge < -0.3 is 10.4 Å². The lowest BCUT2D eigenvalue weighted by molar-refractivity contribution is 0.0700. The number of thioether (sulfide) groups is 1. The van der Waals surface area contributed by atoms with E-state index in [1.54, 1.807) is 0 Å². The maximum Gasteiger partial charge on any atom is 0.347 e. The number of nitrogens with zero attached hydrogens (tertiary/aromatic N) is 1. The van der Waals surface area contributed by atoms with Crippen LogP contribution in [0, 0.1) is 5.92 Å². The van der Waals surface area contributed by atoms with Crippen molar-refractivity contribution in [3.63, 3.8) is 0 Å². The molecule has 0 aromatic carbocycles. The number of hydrogen-bond donors (Lipinski definition) is 2. The lowest BCUT2D eigenvalue weighted by Crippen LogP contribution is -2.30. The summed E-state index contributed by atoms with van der Waals surface area (Å²) in [5.41, 5.74) is 0.745. The van der Waals surface area contributed by atoms with Crippen molar-refractivity contribution >= 4 is 29.1 Å². The first-order valence-electron chi connectivity index (χ1n) is 6.12. The van der Waals surface area contributed by atoms with Gasteiger partial charge in [-0.25, -0.2) is 9.78 Å². The molecule has 18 heavy (non-hydrogen) atoms. The highest BCUT2D eigenvalue weighted by atomic mass is 32.2. The van der Waals surface area contributed by atoms with Gasteiger partial charge >= 0.3 is 5.97 Å². The molecule has 1 aliphatic rings. The summed E-state index contributed by atoms with van der Waals surface area (Å²) in [4.78, 5) is 16.2. The second-order valence-electron chi connectivity index (χ2n) is 4.81. The third-order valence-corrected chi connectivity index (χ3v) is 4.99. The van der Waals surface area contributed by atoms with Crippen LogP contribution in [0.2, 0.25) is 0 Å². The minimum Gasteiger partial charge on any atom is -0.477 e. The van der Waals surface area contributed by atoms with E-state index in [2.05, 4.69) is 24.1 Å². The number of carboxylic acids is 1. The van der Waals surface area contributed by atoms with Crippen LogP contribution in [-0.2, 0) is 6.42 Å². The van der Waals surface area contributed by atoms with Crippen LogP contribution in [0.4, 0.5) is 0 Å². The average Bonchev–Trinajstić information content (AvgIpc) is 2.73. The Kier molecular flexibility index (Phi) is 4.64. The molecule has 0 bridgehead atoms. The molecule has 2 heterocycles. The maximum atomic E-state index is 11.2. The topological polar surface area (TPSA) is 62.2 Å². The minimum absolute atomic E-state index is 0.216. The van der Waals surface area contributed by atoms with Gasteiger partial charge in [0.05, 0.1) is 11.7 Å². The standard InChI is InChI=1S/C12H18N2O2S2/c1-7(2)5-8-10(12(15)16)18-11(14-8)9-6-17-4-3-13-9/h7,9,13H,3-6H2,1-2H3,(H,15,16). The highest BCUT2D eigenvalue weighted by molar-refractivity contribution is 7.99. The lowest BCUT2D eigenvalue weighted by Gasteiger charge is -2.20. The highest BCUT2D eigenvalue weighted by Gasteiger charge is 2.24. The predicted molar refractivity (Wildman–Crippen MR) is 75.7 cm³/mol. The van der Waals surface area contributed by atoms with E-state index in [0.29, 0.717) is 10.8 Å². The Morgan fingerprint density at radius 2 is 2.39 bits per heavy atom. The van der Waals surface area contributed by atoms with E-state index in [1.165, 1.54) is 11.3 Å². The second kappa shape index (κ2) is 6.04. The molecular formula is C12H18N2O2S2. The summed E-state index contributed by atoms with van der Waals surface area (Å²) in [5.74, 6) is 1.67. The van der Waals surface area contributed by atoms with Gasteiger partial charge in [-0.2, -0.15) is 11.8 Å². The Morgan fingerprint density at radius 1 is 1.61 bits per heavy atom. The van der Waals surface area contributed by atoms with E-state index in [4.69, 9.17) is 0 Å². The monoisotopic (exact) mass is 286 g/mol. The van der Waals surface area contributed by atoms with Gasteiger partial charge in [0.2, 0.25) is 0 Å². The normalized spacial score (nSPS) is 20.3.